The maximum absolute atomic E-state index is 12.1. The summed E-state index contributed by atoms with van der Waals surface area (Å²) in [6.45, 7) is 5.95. The molecule has 1 N–H and O–H groups in total. The molecular formula is C11H18O4S. The van der Waals surface area contributed by atoms with E-state index < -0.39 is 21.3 Å². The molecule has 0 amide bonds. The molecular weight excluding hydrogens is 228 g/mol. The van der Waals surface area contributed by atoms with E-state index in [-0.39, 0.29) is 16.6 Å². The third kappa shape index (κ3) is 1.24. The fourth-order valence-corrected chi connectivity index (χ4v) is 4.95. The number of hydrogen-bond acceptors (Lipinski definition) is 3. The molecule has 0 aromatic heterocycles. The van der Waals surface area contributed by atoms with E-state index in [1.54, 1.807) is 0 Å². The fraction of sp³-hybridized carbons (Fsp3) is 0.909. The summed E-state index contributed by atoms with van der Waals surface area (Å²) in [5, 5.41) is 0. The van der Waals surface area contributed by atoms with Crippen molar-refractivity contribution in [2.75, 3.05) is 5.75 Å². The van der Waals surface area contributed by atoms with Gasteiger partial charge in [0, 0.05) is 6.42 Å². The minimum absolute atomic E-state index is 0.00359. The summed E-state index contributed by atoms with van der Waals surface area (Å²) >= 11 is 0. The van der Waals surface area contributed by atoms with Crippen LogP contribution < -0.4 is 0 Å². The largest absolute Gasteiger partial charge is 0.299 e. The zero-order valence-corrected chi connectivity index (χ0v) is 10.7. The van der Waals surface area contributed by atoms with Crippen LogP contribution in [0.25, 0.3) is 0 Å². The highest BCUT2D eigenvalue weighted by molar-refractivity contribution is 7.85. The molecule has 0 aromatic rings. The highest BCUT2D eigenvalue weighted by Crippen LogP contribution is 2.70. The molecule has 5 heteroatoms. The molecule has 0 aromatic carbocycles. The molecule has 0 heterocycles. The van der Waals surface area contributed by atoms with Crippen LogP contribution in [0.5, 0.6) is 0 Å². The standard InChI is InChI=1S/C11H18O4S/c1-9(2)10(3)4-5-11(9,8(12)6-10)7-16(13,14)15/h4-7H2,1-3H3,(H,13,14,15). The number of fused-ring (bicyclic) bond motifs is 2. The first-order valence-corrected chi connectivity index (χ1v) is 7.14. The van der Waals surface area contributed by atoms with Crippen molar-refractivity contribution in [3.63, 3.8) is 0 Å². The lowest BCUT2D eigenvalue weighted by molar-refractivity contribution is -0.128. The van der Waals surface area contributed by atoms with Gasteiger partial charge >= 0.3 is 0 Å². The quantitative estimate of drug-likeness (QED) is 0.752. The number of ketones is 1. The van der Waals surface area contributed by atoms with Gasteiger partial charge in [-0.05, 0) is 23.7 Å². The molecule has 4 nitrogen and oxygen atoms in total. The second kappa shape index (κ2) is 2.88. The highest BCUT2D eigenvalue weighted by Gasteiger charge is 2.70. The third-order valence-corrected chi connectivity index (χ3v) is 6.18. The van der Waals surface area contributed by atoms with E-state index in [1.165, 1.54) is 0 Å². The Hall–Kier alpha value is -0.420. The fourth-order valence-electron chi connectivity index (χ4n) is 3.66. The van der Waals surface area contributed by atoms with Crippen molar-refractivity contribution in [1.29, 1.82) is 0 Å². The van der Waals surface area contributed by atoms with E-state index in [0.29, 0.717) is 12.8 Å². The van der Waals surface area contributed by atoms with Crippen molar-refractivity contribution in [2.45, 2.75) is 40.0 Å². The number of hydrogen-bond donors (Lipinski definition) is 1. The average Bonchev–Trinajstić information content (AvgIpc) is 2.30. The van der Waals surface area contributed by atoms with Crippen LogP contribution in [0.4, 0.5) is 0 Å². The molecule has 2 fully saturated rings. The molecule has 2 bridgehead atoms. The summed E-state index contributed by atoms with van der Waals surface area (Å²) in [4.78, 5) is 12.1. The van der Waals surface area contributed by atoms with E-state index in [2.05, 4.69) is 0 Å². The molecule has 2 saturated carbocycles. The second-order valence-electron chi connectivity index (χ2n) is 6.09. The van der Waals surface area contributed by atoms with Gasteiger partial charge in [0.1, 0.15) is 5.78 Å². The van der Waals surface area contributed by atoms with E-state index in [1.807, 2.05) is 20.8 Å². The first-order valence-electron chi connectivity index (χ1n) is 5.53. The van der Waals surface area contributed by atoms with Gasteiger partial charge in [0.25, 0.3) is 10.1 Å². The Labute approximate surface area is 96.2 Å². The summed E-state index contributed by atoms with van der Waals surface area (Å²) in [6.07, 6.45) is 1.88. The summed E-state index contributed by atoms with van der Waals surface area (Å²) in [5.41, 5.74) is -1.34. The molecule has 0 radical (unpaired) electrons. The van der Waals surface area contributed by atoms with Gasteiger partial charge < -0.3 is 0 Å². The summed E-state index contributed by atoms with van der Waals surface area (Å²) in [5.74, 6) is -0.412. The number of Topliss-reactive ketones (excluding diaryl/α,β-unsaturated/α-hetero) is 1. The maximum atomic E-state index is 12.1. The lowest BCUT2D eigenvalue weighted by atomic mass is 9.66. The van der Waals surface area contributed by atoms with Gasteiger partial charge in [0.2, 0.25) is 0 Å². The minimum Gasteiger partial charge on any atom is -0.299 e. The van der Waals surface area contributed by atoms with Crippen LogP contribution in [-0.2, 0) is 14.9 Å². The molecule has 2 aliphatic rings. The molecule has 2 unspecified atom stereocenters. The van der Waals surface area contributed by atoms with Crippen LogP contribution in [0.2, 0.25) is 0 Å². The molecule has 2 aliphatic carbocycles. The molecule has 0 saturated heterocycles. The van der Waals surface area contributed by atoms with Crippen LogP contribution in [0.15, 0.2) is 0 Å². The SMILES string of the molecule is CC12CCC(CS(=O)(=O)O)(C(=O)C1)C2(C)C. The van der Waals surface area contributed by atoms with Gasteiger partial charge in [-0.1, -0.05) is 20.8 Å². The Balaban J connectivity index is 2.52. The van der Waals surface area contributed by atoms with Crippen LogP contribution in [0, 0.1) is 16.2 Å². The monoisotopic (exact) mass is 246 g/mol. The lowest BCUT2D eigenvalue weighted by Gasteiger charge is -2.38. The number of rotatable bonds is 2. The average molecular weight is 246 g/mol. The van der Waals surface area contributed by atoms with Crippen molar-refractivity contribution in [3.05, 3.63) is 0 Å². The Kier molecular flexibility index (Phi) is 2.17. The summed E-state index contributed by atoms with van der Waals surface area (Å²) < 4.78 is 31.3. The smallest absolute Gasteiger partial charge is 0.265 e. The Morgan fingerprint density at radius 2 is 1.81 bits per heavy atom. The zero-order valence-electron chi connectivity index (χ0n) is 9.91. The van der Waals surface area contributed by atoms with Crippen molar-refractivity contribution < 1.29 is 17.8 Å². The van der Waals surface area contributed by atoms with Gasteiger partial charge in [-0.25, -0.2) is 0 Å². The Morgan fingerprint density at radius 3 is 2.12 bits per heavy atom. The minimum atomic E-state index is -4.10. The normalized spacial score (nSPS) is 41.6. The first kappa shape index (κ1) is 12.0. The van der Waals surface area contributed by atoms with Crippen LogP contribution in [0.1, 0.15) is 40.0 Å². The van der Waals surface area contributed by atoms with E-state index >= 15 is 0 Å². The highest BCUT2D eigenvalue weighted by atomic mass is 32.2. The molecule has 0 spiro atoms. The van der Waals surface area contributed by atoms with Crippen molar-refractivity contribution in [1.82, 2.24) is 0 Å². The molecule has 16 heavy (non-hydrogen) atoms. The van der Waals surface area contributed by atoms with E-state index in [0.717, 1.165) is 6.42 Å². The number of carbonyl (C=O) groups is 1. The van der Waals surface area contributed by atoms with E-state index in [9.17, 15) is 13.2 Å². The molecule has 0 aliphatic heterocycles. The summed E-state index contributed by atoms with van der Waals surface area (Å²) in [6, 6.07) is 0. The van der Waals surface area contributed by atoms with Gasteiger partial charge in [-0.2, -0.15) is 8.42 Å². The van der Waals surface area contributed by atoms with Crippen LogP contribution >= 0.6 is 0 Å². The topological polar surface area (TPSA) is 71.4 Å². The lowest BCUT2D eigenvalue weighted by Crippen LogP contribution is -2.42. The van der Waals surface area contributed by atoms with Gasteiger partial charge in [0.15, 0.2) is 0 Å². The summed E-state index contributed by atoms with van der Waals surface area (Å²) in [7, 11) is -4.10. The Bertz CT molecular complexity index is 451. The third-order valence-electron chi connectivity index (χ3n) is 5.32. The van der Waals surface area contributed by atoms with Gasteiger partial charge in [0.05, 0.1) is 11.2 Å². The maximum Gasteiger partial charge on any atom is 0.265 e. The van der Waals surface area contributed by atoms with Gasteiger partial charge in [-0.3, -0.25) is 9.35 Å². The first-order chi connectivity index (χ1) is 7.04. The van der Waals surface area contributed by atoms with E-state index in [4.69, 9.17) is 4.55 Å². The molecule has 92 valence electrons. The van der Waals surface area contributed by atoms with Crippen LogP contribution in [-0.4, -0.2) is 24.5 Å². The predicted octanol–water partition coefficient (Wildman–Crippen LogP) is 1.66. The molecule has 2 rings (SSSR count). The molecule has 2 atom stereocenters. The van der Waals surface area contributed by atoms with Crippen molar-refractivity contribution in [2.24, 2.45) is 16.2 Å². The number of carbonyl (C=O) groups excluding carboxylic acids is 1. The van der Waals surface area contributed by atoms with Crippen molar-refractivity contribution >= 4 is 15.9 Å². The van der Waals surface area contributed by atoms with Crippen LogP contribution in [0.3, 0.4) is 0 Å². The van der Waals surface area contributed by atoms with Crippen molar-refractivity contribution in [3.8, 4) is 0 Å². The predicted molar refractivity (Wildman–Crippen MR) is 59.6 cm³/mol. The van der Waals surface area contributed by atoms with Gasteiger partial charge in [-0.15, -0.1) is 0 Å². The Morgan fingerprint density at radius 1 is 1.25 bits per heavy atom. The zero-order chi connectivity index (χ0) is 12.4. The second-order valence-corrected chi connectivity index (χ2v) is 7.55.